The molecule has 1 saturated heterocycles. The van der Waals surface area contributed by atoms with E-state index >= 15 is 0 Å². The number of amides is 3. The molecule has 1 heterocycles. The van der Waals surface area contributed by atoms with Gasteiger partial charge in [0, 0.05) is 65.0 Å². The van der Waals surface area contributed by atoms with Crippen molar-refractivity contribution in [2.45, 2.75) is 143 Å². The van der Waals surface area contributed by atoms with E-state index in [4.69, 9.17) is 19.9 Å². The number of nitrogens with two attached hydrogens (primary N) is 1. The van der Waals surface area contributed by atoms with Gasteiger partial charge in [-0.1, -0.05) is 85.2 Å². The van der Waals surface area contributed by atoms with Crippen molar-refractivity contribution < 1.29 is 43.0 Å². The molecular weight excluding hydrogens is 791 g/mol. The van der Waals surface area contributed by atoms with Crippen molar-refractivity contribution in [1.29, 1.82) is 0 Å². The van der Waals surface area contributed by atoms with Gasteiger partial charge in [-0.25, -0.2) is 0 Å². The largest absolute Gasteiger partial charge is 0.464 e. The number of esters is 1. The third kappa shape index (κ3) is 15.8. The fourth-order valence-electron chi connectivity index (χ4n) is 9.12. The summed E-state index contributed by atoms with van der Waals surface area (Å²) in [7, 11) is 8.66. The average Bonchev–Trinajstić information content (AvgIpc) is 3.71. The predicted octanol–water partition coefficient (Wildman–Crippen LogP) is 4.94. The van der Waals surface area contributed by atoms with Crippen LogP contribution in [0, 0.1) is 35.5 Å². The van der Waals surface area contributed by atoms with Gasteiger partial charge in [0.1, 0.15) is 11.8 Å². The highest BCUT2D eigenvalue weighted by Crippen LogP contribution is 2.32. The first-order valence-corrected chi connectivity index (χ1v) is 22.8. The Morgan fingerprint density at radius 1 is 0.871 bits per heavy atom. The molecule has 1 aliphatic rings. The van der Waals surface area contributed by atoms with Gasteiger partial charge >= 0.3 is 5.97 Å². The van der Waals surface area contributed by atoms with Crippen LogP contribution in [0.4, 0.5) is 0 Å². The van der Waals surface area contributed by atoms with E-state index in [-0.39, 0.29) is 91.5 Å². The molecular formula is C48H81N5O9. The van der Waals surface area contributed by atoms with Crippen molar-refractivity contribution in [2.75, 3.05) is 55.1 Å². The van der Waals surface area contributed by atoms with Crippen molar-refractivity contribution in [3.8, 4) is 0 Å². The molecule has 1 fully saturated rings. The Kier molecular flexibility index (Phi) is 23.5. The summed E-state index contributed by atoms with van der Waals surface area (Å²) in [6, 6.07) is 7.67. The minimum absolute atomic E-state index is 0.0173. The number of benzene rings is 1. The van der Waals surface area contributed by atoms with E-state index in [9.17, 15) is 28.8 Å². The van der Waals surface area contributed by atoms with Crippen LogP contribution in [0.15, 0.2) is 30.3 Å². The van der Waals surface area contributed by atoms with E-state index in [0.29, 0.717) is 25.8 Å². The number of hydrogen-bond donors (Lipinski definition) is 2. The maximum absolute atomic E-state index is 14.4. The Balaban J connectivity index is 2.27. The third-order valence-corrected chi connectivity index (χ3v) is 12.8. The maximum Gasteiger partial charge on any atom is 0.322 e. The lowest BCUT2D eigenvalue weighted by molar-refractivity contribution is -0.149. The van der Waals surface area contributed by atoms with Crippen LogP contribution in [0.5, 0.6) is 0 Å². The molecule has 0 bridgehead atoms. The molecule has 3 N–H and O–H groups in total. The summed E-state index contributed by atoms with van der Waals surface area (Å²) in [6.45, 7) is 16.3. The zero-order valence-corrected chi connectivity index (χ0v) is 40.2. The quantitative estimate of drug-likeness (QED) is 0.0862. The number of hydrogen-bond acceptors (Lipinski definition) is 11. The van der Waals surface area contributed by atoms with Crippen LogP contribution in [0.2, 0.25) is 0 Å². The van der Waals surface area contributed by atoms with Crippen molar-refractivity contribution in [1.82, 2.24) is 20.0 Å². The lowest BCUT2D eigenvalue weighted by atomic mass is 9.83. The van der Waals surface area contributed by atoms with Crippen LogP contribution in [0.1, 0.15) is 106 Å². The fourth-order valence-corrected chi connectivity index (χ4v) is 9.12. The first-order valence-electron chi connectivity index (χ1n) is 22.8. The monoisotopic (exact) mass is 872 g/mol. The zero-order valence-electron chi connectivity index (χ0n) is 40.2. The second-order valence-corrected chi connectivity index (χ2v) is 18.4. The Bertz CT molecular complexity index is 1560. The molecule has 3 amide bonds. The number of nitrogens with one attached hydrogen (secondary N) is 1. The minimum Gasteiger partial charge on any atom is -0.464 e. The summed E-state index contributed by atoms with van der Waals surface area (Å²) < 4.78 is 17.2. The third-order valence-electron chi connectivity index (χ3n) is 12.8. The van der Waals surface area contributed by atoms with Crippen molar-refractivity contribution in [2.24, 2.45) is 41.2 Å². The van der Waals surface area contributed by atoms with Gasteiger partial charge in [-0.05, 0) is 70.0 Å². The van der Waals surface area contributed by atoms with Crippen LogP contribution >= 0.6 is 0 Å². The molecule has 1 aliphatic heterocycles. The van der Waals surface area contributed by atoms with Crippen LogP contribution in [0.3, 0.4) is 0 Å². The van der Waals surface area contributed by atoms with Crippen LogP contribution in [0.25, 0.3) is 0 Å². The molecule has 1 aromatic carbocycles. The van der Waals surface area contributed by atoms with Gasteiger partial charge in [-0.3, -0.25) is 33.7 Å². The molecule has 2 rings (SSSR count). The van der Waals surface area contributed by atoms with Crippen LogP contribution in [-0.2, 0) is 49.4 Å². The highest BCUT2D eigenvalue weighted by atomic mass is 16.5. The van der Waals surface area contributed by atoms with E-state index in [1.54, 1.807) is 44.9 Å². The number of methoxy groups -OCH3 is 2. The van der Waals surface area contributed by atoms with Gasteiger partial charge < -0.3 is 35.1 Å². The summed E-state index contributed by atoms with van der Waals surface area (Å²) in [4.78, 5) is 87.2. The smallest absolute Gasteiger partial charge is 0.322 e. The number of nitrogens with zero attached hydrogens (tertiary/aromatic N) is 3. The first kappa shape index (κ1) is 54.4. The van der Waals surface area contributed by atoms with Gasteiger partial charge in [-0.2, -0.15) is 0 Å². The van der Waals surface area contributed by atoms with E-state index in [1.807, 2.05) is 83.9 Å². The number of likely N-dealkylation sites (tertiary alicyclic amines) is 1. The summed E-state index contributed by atoms with van der Waals surface area (Å²) in [5.41, 5.74) is 6.48. The lowest BCUT2D eigenvalue weighted by Gasteiger charge is -2.41. The zero-order chi connectivity index (χ0) is 46.8. The second-order valence-electron chi connectivity index (χ2n) is 18.4. The summed E-state index contributed by atoms with van der Waals surface area (Å²) in [5.74, 6) is -3.02. The summed E-state index contributed by atoms with van der Waals surface area (Å²) in [6.07, 6.45) is 1.73. The van der Waals surface area contributed by atoms with Gasteiger partial charge in [0.2, 0.25) is 17.7 Å². The number of ketones is 2. The number of Topliss-reactive ketones (excluding diaryl/α,β-unsaturated/α-hetero) is 2. The lowest BCUT2D eigenvalue weighted by Crippen LogP contribution is -2.54. The van der Waals surface area contributed by atoms with Crippen LogP contribution in [-0.4, -0.2) is 141 Å². The first-order chi connectivity index (χ1) is 29.2. The Morgan fingerprint density at radius 2 is 1.52 bits per heavy atom. The number of ether oxygens (including phenoxy) is 3. The summed E-state index contributed by atoms with van der Waals surface area (Å²) >= 11 is 0. The SMILES string of the molecule is CC[C@H](C)[C@@H]([C@@H](CC(=O)N1CCC[C@H]1[C@H](OC)[C@@H](C)C(=O)C[C@@H](Cc1ccccc1)C(=O)NCCCOC(=O)[C@H](C)N)OC)N(C)C(=O)[C@@H](CC(=O)[C@H](C(C)C)N(C)C)C(C)C. The highest BCUT2D eigenvalue weighted by molar-refractivity contribution is 5.90. The number of likely N-dealkylation sites (N-methyl/N-ethyl adjacent to an activating group) is 2. The highest BCUT2D eigenvalue weighted by Gasteiger charge is 2.43. The van der Waals surface area contributed by atoms with Crippen molar-refractivity contribution in [3.63, 3.8) is 0 Å². The summed E-state index contributed by atoms with van der Waals surface area (Å²) in [5, 5.41) is 2.91. The average molecular weight is 872 g/mol. The molecule has 14 heteroatoms. The van der Waals surface area contributed by atoms with Crippen molar-refractivity contribution in [3.05, 3.63) is 35.9 Å². The maximum atomic E-state index is 14.4. The van der Waals surface area contributed by atoms with Gasteiger partial charge in [0.15, 0.2) is 5.78 Å². The van der Waals surface area contributed by atoms with E-state index in [0.717, 1.165) is 18.4 Å². The molecule has 1 aromatic rings. The molecule has 0 radical (unpaired) electrons. The Labute approximate surface area is 372 Å². The Hall–Kier alpha value is -3.72. The van der Waals surface area contributed by atoms with E-state index in [2.05, 4.69) is 12.2 Å². The normalized spacial score (nSPS) is 18.7. The molecule has 0 unspecified atom stereocenters. The topological polar surface area (TPSA) is 178 Å². The molecule has 0 spiro atoms. The van der Waals surface area contributed by atoms with Gasteiger partial charge in [-0.15, -0.1) is 0 Å². The van der Waals surface area contributed by atoms with E-state index < -0.39 is 48.0 Å². The standard InChI is InChI=1S/C48H81N5O9/c1-14-32(6)44(52(11)47(58)37(30(2)3)28-40(55)43(31(4)5)51(9)10)41(60-12)29-42(56)53-24-18-22-38(53)45(61-13)33(7)39(54)27-36(26-35-20-16-15-17-21-35)46(57)50-23-19-25-62-48(59)34(8)49/h15-17,20-21,30-34,36-38,41,43-45H,14,18-19,22-29,49H2,1-13H3,(H,50,57)/t32-,33-,34-,36+,37-,38-,41+,43-,44-,45+/m0/s1. The fraction of sp³-hybridized carbons (Fsp3) is 0.750. The van der Waals surface area contributed by atoms with Crippen LogP contribution < -0.4 is 11.1 Å². The van der Waals surface area contributed by atoms with Crippen molar-refractivity contribution >= 4 is 35.3 Å². The number of carbonyl (C=O) groups is 6. The minimum atomic E-state index is -0.731. The molecule has 352 valence electrons. The number of carbonyl (C=O) groups excluding carboxylic acids is 6. The van der Waals surface area contributed by atoms with Gasteiger partial charge in [0.05, 0.1) is 43.4 Å². The molecule has 10 atom stereocenters. The molecule has 0 saturated carbocycles. The second kappa shape index (κ2) is 26.8. The predicted molar refractivity (Wildman–Crippen MR) is 242 cm³/mol. The molecule has 0 aliphatic carbocycles. The van der Waals surface area contributed by atoms with Gasteiger partial charge in [0.25, 0.3) is 0 Å². The van der Waals surface area contributed by atoms with E-state index in [1.165, 1.54) is 0 Å². The molecule has 14 nitrogen and oxygen atoms in total. The molecule has 62 heavy (non-hydrogen) atoms. The Morgan fingerprint density at radius 3 is 2.05 bits per heavy atom. The number of rotatable bonds is 28. The molecule has 0 aromatic heterocycles.